The Morgan fingerprint density at radius 3 is 2.82 bits per heavy atom. The van der Waals surface area contributed by atoms with E-state index in [2.05, 4.69) is 25.1 Å². The van der Waals surface area contributed by atoms with Gasteiger partial charge >= 0.3 is 0 Å². The molecule has 0 spiro atoms. The van der Waals surface area contributed by atoms with Crippen molar-refractivity contribution in [2.45, 2.75) is 25.7 Å². The molecule has 0 bridgehead atoms. The third kappa shape index (κ3) is 1.66. The maximum atomic E-state index is 4.85. The van der Waals surface area contributed by atoms with Gasteiger partial charge in [0.1, 0.15) is 0 Å². The number of aromatic nitrogens is 5. The zero-order chi connectivity index (χ0) is 14.5. The van der Waals surface area contributed by atoms with Crippen LogP contribution in [0.5, 0.6) is 0 Å². The van der Waals surface area contributed by atoms with Gasteiger partial charge in [0.25, 0.3) is 0 Å². The van der Waals surface area contributed by atoms with E-state index < -0.39 is 0 Å². The van der Waals surface area contributed by atoms with Crippen LogP contribution in [0, 0.1) is 0 Å². The number of aryl methyl sites for hydroxylation is 2. The summed E-state index contributed by atoms with van der Waals surface area (Å²) in [5, 5.41) is 8.14. The highest BCUT2D eigenvalue weighted by Gasteiger charge is 2.23. The van der Waals surface area contributed by atoms with E-state index in [9.17, 15) is 0 Å². The molecular weight excluding hydrogens is 276 g/mol. The van der Waals surface area contributed by atoms with Crippen LogP contribution in [0.25, 0.3) is 22.2 Å². The summed E-state index contributed by atoms with van der Waals surface area (Å²) in [6, 6.07) is 0. The topological polar surface area (TPSA) is 70.6 Å². The first-order chi connectivity index (χ1) is 10.9. The van der Waals surface area contributed by atoms with Gasteiger partial charge in [0.2, 0.25) is 5.95 Å². The highest BCUT2D eigenvalue weighted by atomic mass is 15.3. The Hall–Kier alpha value is -2.50. The minimum atomic E-state index is 0.829. The predicted octanol–water partition coefficient (Wildman–Crippen LogP) is 2.11. The van der Waals surface area contributed by atoms with Gasteiger partial charge in [-0.1, -0.05) is 0 Å². The zero-order valence-electron chi connectivity index (χ0n) is 12.2. The van der Waals surface area contributed by atoms with Crippen LogP contribution in [0.3, 0.4) is 0 Å². The molecule has 3 aromatic heterocycles. The molecule has 0 amide bonds. The molecule has 1 fully saturated rings. The molecule has 110 valence electrons. The molecule has 1 saturated heterocycles. The molecule has 5 rings (SSSR count). The SMILES string of the molecule is c1nc2[nH]ncc2c2c1CCc1nc(N3CCCC3)ncc1-2. The second-order valence-electron chi connectivity index (χ2n) is 6.02. The van der Waals surface area contributed by atoms with E-state index in [4.69, 9.17) is 4.98 Å². The number of H-pyrrole nitrogens is 1. The molecule has 1 aliphatic carbocycles. The van der Waals surface area contributed by atoms with Crippen molar-refractivity contribution in [3.05, 3.63) is 29.8 Å². The van der Waals surface area contributed by atoms with Gasteiger partial charge in [-0.05, 0) is 31.2 Å². The van der Waals surface area contributed by atoms with Crippen molar-refractivity contribution in [1.82, 2.24) is 25.1 Å². The smallest absolute Gasteiger partial charge is 0.225 e. The molecule has 0 radical (unpaired) electrons. The van der Waals surface area contributed by atoms with Crippen LogP contribution < -0.4 is 4.90 Å². The fourth-order valence-corrected chi connectivity index (χ4v) is 3.58. The fourth-order valence-electron chi connectivity index (χ4n) is 3.58. The van der Waals surface area contributed by atoms with Crippen molar-refractivity contribution in [2.24, 2.45) is 0 Å². The standard InChI is InChI=1S/C16H16N6/c1-2-6-22(5-1)16-18-8-11-13(20-16)4-3-10-7-17-15-12(14(10)11)9-19-21-15/h7-9H,1-6H2,(H,17,19,21). The van der Waals surface area contributed by atoms with Crippen molar-refractivity contribution >= 4 is 17.0 Å². The van der Waals surface area contributed by atoms with E-state index in [1.165, 1.54) is 24.0 Å². The molecular formula is C16H16N6. The lowest BCUT2D eigenvalue weighted by Gasteiger charge is -2.22. The maximum Gasteiger partial charge on any atom is 0.225 e. The Morgan fingerprint density at radius 1 is 1.00 bits per heavy atom. The maximum absolute atomic E-state index is 4.85. The van der Waals surface area contributed by atoms with Crippen LogP contribution in [0.2, 0.25) is 0 Å². The number of nitrogens with one attached hydrogen (secondary N) is 1. The Labute approximate surface area is 127 Å². The van der Waals surface area contributed by atoms with Crippen molar-refractivity contribution in [3.8, 4) is 11.1 Å². The summed E-state index contributed by atoms with van der Waals surface area (Å²) in [6.07, 6.45) is 10.2. The highest BCUT2D eigenvalue weighted by Crippen LogP contribution is 2.37. The van der Waals surface area contributed by atoms with Gasteiger partial charge in [-0.2, -0.15) is 5.10 Å². The summed E-state index contributed by atoms with van der Waals surface area (Å²) >= 11 is 0. The average molecular weight is 292 g/mol. The summed E-state index contributed by atoms with van der Waals surface area (Å²) in [5.41, 5.74) is 5.58. The second kappa shape index (κ2) is 4.50. The molecule has 2 aliphatic rings. The number of fused-ring (bicyclic) bond motifs is 5. The van der Waals surface area contributed by atoms with E-state index in [1.807, 2.05) is 18.6 Å². The molecule has 1 aliphatic heterocycles. The fraction of sp³-hybridized carbons (Fsp3) is 0.375. The van der Waals surface area contributed by atoms with E-state index >= 15 is 0 Å². The molecule has 4 heterocycles. The number of aromatic amines is 1. The van der Waals surface area contributed by atoms with Crippen LogP contribution in [-0.2, 0) is 12.8 Å². The Balaban J connectivity index is 1.69. The van der Waals surface area contributed by atoms with Crippen LogP contribution in [0.15, 0.2) is 18.6 Å². The molecule has 0 atom stereocenters. The number of nitrogens with zero attached hydrogens (tertiary/aromatic N) is 5. The minimum Gasteiger partial charge on any atom is -0.341 e. The normalized spacial score (nSPS) is 16.8. The summed E-state index contributed by atoms with van der Waals surface area (Å²) in [5.74, 6) is 0.886. The first kappa shape index (κ1) is 12.1. The highest BCUT2D eigenvalue weighted by molar-refractivity contribution is 5.95. The van der Waals surface area contributed by atoms with Crippen molar-refractivity contribution in [3.63, 3.8) is 0 Å². The molecule has 6 nitrogen and oxygen atoms in total. The molecule has 22 heavy (non-hydrogen) atoms. The lowest BCUT2D eigenvalue weighted by Crippen LogP contribution is -2.21. The largest absolute Gasteiger partial charge is 0.341 e. The van der Waals surface area contributed by atoms with Gasteiger partial charge in [0, 0.05) is 42.0 Å². The van der Waals surface area contributed by atoms with Crippen LogP contribution >= 0.6 is 0 Å². The number of pyridine rings is 1. The quantitative estimate of drug-likeness (QED) is 0.744. The minimum absolute atomic E-state index is 0.829. The van der Waals surface area contributed by atoms with E-state index in [1.54, 1.807) is 0 Å². The van der Waals surface area contributed by atoms with Crippen molar-refractivity contribution in [1.29, 1.82) is 0 Å². The number of rotatable bonds is 1. The summed E-state index contributed by atoms with van der Waals surface area (Å²) in [7, 11) is 0. The molecule has 0 saturated carbocycles. The Morgan fingerprint density at radius 2 is 1.91 bits per heavy atom. The van der Waals surface area contributed by atoms with Gasteiger partial charge in [-0.25, -0.2) is 15.0 Å². The van der Waals surface area contributed by atoms with E-state index in [0.717, 1.165) is 54.2 Å². The van der Waals surface area contributed by atoms with Crippen LogP contribution in [0.4, 0.5) is 5.95 Å². The molecule has 3 aromatic rings. The summed E-state index contributed by atoms with van der Waals surface area (Å²) in [4.78, 5) is 16.2. The van der Waals surface area contributed by atoms with Crippen molar-refractivity contribution < 1.29 is 0 Å². The molecule has 0 aromatic carbocycles. The lowest BCUT2D eigenvalue weighted by atomic mass is 9.89. The summed E-state index contributed by atoms with van der Waals surface area (Å²) in [6.45, 7) is 2.15. The molecule has 6 heteroatoms. The zero-order valence-corrected chi connectivity index (χ0v) is 12.2. The average Bonchev–Trinajstić information content (AvgIpc) is 3.25. The third-order valence-electron chi connectivity index (χ3n) is 4.70. The van der Waals surface area contributed by atoms with Gasteiger partial charge in [0.15, 0.2) is 5.65 Å². The number of anilines is 1. The monoisotopic (exact) mass is 292 g/mol. The van der Waals surface area contributed by atoms with Gasteiger partial charge < -0.3 is 4.90 Å². The van der Waals surface area contributed by atoms with E-state index in [0.29, 0.717) is 0 Å². The third-order valence-corrected chi connectivity index (χ3v) is 4.70. The lowest BCUT2D eigenvalue weighted by molar-refractivity contribution is 0.840. The van der Waals surface area contributed by atoms with E-state index in [-0.39, 0.29) is 0 Å². The predicted molar refractivity (Wildman–Crippen MR) is 83.8 cm³/mol. The summed E-state index contributed by atoms with van der Waals surface area (Å²) < 4.78 is 0. The number of hydrogen-bond acceptors (Lipinski definition) is 5. The van der Waals surface area contributed by atoms with Gasteiger partial charge in [-0.15, -0.1) is 0 Å². The Kier molecular flexibility index (Phi) is 2.47. The van der Waals surface area contributed by atoms with Crippen molar-refractivity contribution in [2.75, 3.05) is 18.0 Å². The van der Waals surface area contributed by atoms with Crippen LogP contribution in [-0.4, -0.2) is 38.2 Å². The molecule has 0 unspecified atom stereocenters. The second-order valence-corrected chi connectivity index (χ2v) is 6.02. The molecule has 1 N–H and O–H groups in total. The van der Waals surface area contributed by atoms with Gasteiger partial charge in [-0.3, -0.25) is 5.10 Å². The first-order valence-corrected chi connectivity index (χ1v) is 7.82. The van der Waals surface area contributed by atoms with Crippen LogP contribution in [0.1, 0.15) is 24.1 Å². The number of hydrogen-bond donors (Lipinski definition) is 1. The Bertz CT molecular complexity index is 862. The van der Waals surface area contributed by atoms with Gasteiger partial charge in [0.05, 0.1) is 11.9 Å². The first-order valence-electron chi connectivity index (χ1n) is 7.82.